The maximum absolute atomic E-state index is 12.6. The molecule has 2 aliphatic rings. The van der Waals surface area contributed by atoms with Crippen LogP contribution >= 0.6 is 11.6 Å². The van der Waals surface area contributed by atoms with Crippen LogP contribution in [-0.4, -0.2) is 35.4 Å². The van der Waals surface area contributed by atoms with Crippen molar-refractivity contribution in [3.63, 3.8) is 0 Å². The maximum Gasteiger partial charge on any atom is 0.264 e. The van der Waals surface area contributed by atoms with Crippen LogP contribution in [0.5, 0.6) is 5.75 Å². The van der Waals surface area contributed by atoms with E-state index in [2.05, 4.69) is 0 Å². The van der Waals surface area contributed by atoms with E-state index in [-0.39, 0.29) is 23.4 Å². The highest BCUT2D eigenvalue weighted by Gasteiger charge is 2.36. The summed E-state index contributed by atoms with van der Waals surface area (Å²) < 4.78 is 5.78. The van der Waals surface area contributed by atoms with Gasteiger partial charge in [0, 0.05) is 19.5 Å². The number of carbonyl (C=O) groups is 1. The highest BCUT2D eigenvalue weighted by Crippen LogP contribution is 2.31. The molecule has 1 aliphatic heterocycles. The van der Waals surface area contributed by atoms with Crippen molar-refractivity contribution in [3.05, 3.63) is 29.8 Å². The van der Waals surface area contributed by atoms with E-state index in [9.17, 15) is 4.79 Å². The van der Waals surface area contributed by atoms with Gasteiger partial charge in [0.25, 0.3) is 5.91 Å². The number of likely N-dealkylation sites (N-methyl/N-ethyl adjacent to an activating group) is 1. The Bertz CT molecular complexity index is 480. The Hall–Kier alpha value is -1.22. The predicted octanol–water partition coefficient (Wildman–Crippen LogP) is 3.00. The molecular formula is C16H20ClNO2. The standard InChI is InChI=1S/C16H20ClNO2/c1-18(13-8-4-3-7-12(13)17)16(19)15-10-11-6-2-5-9-14(11)20-15/h2,5-6,9,12-13,15H,3-4,7-8,10H2,1H3. The van der Waals surface area contributed by atoms with Gasteiger partial charge >= 0.3 is 0 Å². The Labute approximate surface area is 124 Å². The summed E-state index contributed by atoms with van der Waals surface area (Å²) >= 11 is 6.38. The van der Waals surface area contributed by atoms with Crippen LogP contribution in [0.2, 0.25) is 0 Å². The molecule has 1 aromatic rings. The molecule has 3 atom stereocenters. The molecule has 0 saturated heterocycles. The Balaban J connectivity index is 1.68. The van der Waals surface area contributed by atoms with Gasteiger partial charge in [0.05, 0.1) is 5.38 Å². The number of hydrogen-bond donors (Lipinski definition) is 0. The number of hydrogen-bond acceptors (Lipinski definition) is 2. The topological polar surface area (TPSA) is 29.5 Å². The maximum atomic E-state index is 12.6. The van der Waals surface area contributed by atoms with Crippen LogP contribution in [-0.2, 0) is 11.2 Å². The number of carbonyl (C=O) groups excluding carboxylic acids is 1. The summed E-state index contributed by atoms with van der Waals surface area (Å²) in [4.78, 5) is 14.4. The normalized spacial score (nSPS) is 28.6. The van der Waals surface area contributed by atoms with E-state index in [4.69, 9.17) is 16.3 Å². The number of para-hydroxylation sites is 1. The van der Waals surface area contributed by atoms with Crippen LogP contribution in [0.1, 0.15) is 31.2 Å². The first kappa shape index (κ1) is 13.7. The van der Waals surface area contributed by atoms with Crippen molar-refractivity contribution >= 4 is 17.5 Å². The molecule has 0 spiro atoms. The molecule has 108 valence electrons. The highest BCUT2D eigenvalue weighted by atomic mass is 35.5. The zero-order chi connectivity index (χ0) is 14.1. The number of alkyl halides is 1. The highest BCUT2D eigenvalue weighted by molar-refractivity contribution is 6.21. The fourth-order valence-corrected chi connectivity index (χ4v) is 3.66. The van der Waals surface area contributed by atoms with Crippen molar-refractivity contribution in [2.24, 2.45) is 0 Å². The molecule has 4 heteroatoms. The molecule has 0 radical (unpaired) electrons. The van der Waals surface area contributed by atoms with Gasteiger partial charge in [-0.2, -0.15) is 0 Å². The number of benzene rings is 1. The summed E-state index contributed by atoms with van der Waals surface area (Å²) in [5.41, 5.74) is 1.12. The summed E-state index contributed by atoms with van der Waals surface area (Å²) in [5.74, 6) is 0.893. The average molecular weight is 294 g/mol. The first-order chi connectivity index (χ1) is 9.66. The van der Waals surface area contributed by atoms with E-state index in [0.717, 1.165) is 37.0 Å². The van der Waals surface area contributed by atoms with Crippen molar-refractivity contribution in [3.8, 4) is 5.75 Å². The summed E-state index contributed by atoms with van der Waals surface area (Å²) in [7, 11) is 1.86. The molecule has 1 saturated carbocycles. The molecule has 1 heterocycles. The lowest BCUT2D eigenvalue weighted by atomic mass is 9.93. The second-order valence-corrected chi connectivity index (χ2v) is 6.30. The average Bonchev–Trinajstić information content (AvgIpc) is 2.90. The zero-order valence-electron chi connectivity index (χ0n) is 11.7. The number of nitrogens with zero attached hydrogens (tertiary/aromatic N) is 1. The van der Waals surface area contributed by atoms with Crippen molar-refractivity contribution in [2.75, 3.05) is 7.05 Å². The zero-order valence-corrected chi connectivity index (χ0v) is 12.5. The number of amides is 1. The van der Waals surface area contributed by atoms with Gasteiger partial charge in [0.1, 0.15) is 5.75 Å². The van der Waals surface area contributed by atoms with Crippen molar-refractivity contribution in [1.82, 2.24) is 4.90 Å². The molecule has 0 N–H and O–H groups in total. The summed E-state index contributed by atoms with van der Waals surface area (Å²) in [5, 5.41) is 0.0708. The van der Waals surface area contributed by atoms with Gasteiger partial charge in [-0.3, -0.25) is 4.79 Å². The van der Waals surface area contributed by atoms with E-state index >= 15 is 0 Å². The number of rotatable bonds is 2. The van der Waals surface area contributed by atoms with Crippen LogP contribution in [0.25, 0.3) is 0 Å². The fraction of sp³-hybridized carbons (Fsp3) is 0.562. The molecular weight excluding hydrogens is 274 g/mol. The van der Waals surface area contributed by atoms with Crippen LogP contribution in [0.3, 0.4) is 0 Å². The molecule has 0 bridgehead atoms. The van der Waals surface area contributed by atoms with E-state index in [1.165, 1.54) is 0 Å². The molecule has 3 unspecified atom stereocenters. The van der Waals surface area contributed by atoms with Gasteiger partial charge in [-0.05, 0) is 24.5 Å². The minimum absolute atomic E-state index is 0.0544. The van der Waals surface area contributed by atoms with Gasteiger partial charge < -0.3 is 9.64 Å². The number of ether oxygens (including phenoxy) is 1. The first-order valence-electron chi connectivity index (χ1n) is 7.32. The summed E-state index contributed by atoms with van der Waals surface area (Å²) in [6.45, 7) is 0. The van der Waals surface area contributed by atoms with Crippen LogP contribution in [0, 0.1) is 0 Å². The molecule has 1 aliphatic carbocycles. The minimum atomic E-state index is -0.386. The van der Waals surface area contributed by atoms with E-state index in [1.54, 1.807) is 0 Å². The SMILES string of the molecule is CN(C(=O)C1Cc2ccccc2O1)C1CCCCC1Cl. The Kier molecular flexibility index (Phi) is 3.88. The Morgan fingerprint density at radius 2 is 2.05 bits per heavy atom. The van der Waals surface area contributed by atoms with E-state index in [1.807, 2.05) is 36.2 Å². The molecule has 3 rings (SSSR count). The molecule has 20 heavy (non-hydrogen) atoms. The first-order valence-corrected chi connectivity index (χ1v) is 7.76. The van der Waals surface area contributed by atoms with Crippen molar-refractivity contribution in [1.29, 1.82) is 0 Å². The van der Waals surface area contributed by atoms with Crippen LogP contribution < -0.4 is 4.74 Å². The van der Waals surface area contributed by atoms with Crippen LogP contribution in [0.4, 0.5) is 0 Å². The summed E-state index contributed by atoms with van der Waals surface area (Å²) in [6, 6.07) is 8.01. The summed E-state index contributed by atoms with van der Waals surface area (Å²) in [6.07, 6.45) is 4.59. The minimum Gasteiger partial charge on any atom is -0.480 e. The van der Waals surface area contributed by atoms with Gasteiger partial charge in [-0.15, -0.1) is 11.6 Å². The molecule has 1 fully saturated rings. The number of halogens is 1. The second-order valence-electron chi connectivity index (χ2n) is 5.74. The lowest BCUT2D eigenvalue weighted by Crippen LogP contribution is -2.49. The second kappa shape index (κ2) is 5.65. The van der Waals surface area contributed by atoms with E-state index < -0.39 is 0 Å². The molecule has 0 aromatic heterocycles. The van der Waals surface area contributed by atoms with Gasteiger partial charge in [0.15, 0.2) is 6.10 Å². The Morgan fingerprint density at radius 1 is 1.30 bits per heavy atom. The smallest absolute Gasteiger partial charge is 0.264 e. The molecule has 1 aromatic carbocycles. The third-order valence-electron chi connectivity index (χ3n) is 4.41. The van der Waals surface area contributed by atoms with Crippen molar-refractivity contribution in [2.45, 2.75) is 49.6 Å². The lowest BCUT2D eigenvalue weighted by molar-refractivity contribution is -0.139. The quantitative estimate of drug-likeness (QED) is 0.785. The monoisotopic (exact) mass is 293 g/mol. The predicted molar refractivity (Wildman–Crippen MR) is 79.2 cm³/mol. The van der Waals surface area contributed by atoms with E-state index in [0.29, 0.717) is 6.42 Å². The largest absolute Gasteiger partial charge is 0.480 e. The third-order valence-corrected chi connectivity index (χ3v) is 4.92. The van der Waals surface area contributed by atoms with Crippen molar-refractivity contribution < 1.29 is 9.53 Å². The van der Waals surface area contributed by atoms with Gasteiger partial charge in [-0.25, -0.2) is 0 Å². The fourth-order valence-electron chi connectivity index (χ4n) is 3.21. The number of fused-ring (bicyclic) bond motifs is 1. The Morgan fingerprint density at radius 3 is 2.80 bits per heavy atom. The third kappa shape index (κ3) is 2.51. The van der Waals surface area contributed by atoms with Gasteiger partial charge in [-0.1, -0.05) is 31.0 Å². The van der Waals surface area contributed by atoms with Crippen LogP contribution in [0.15, 0.2) is 24.3 Å². The lowest BCUT2D eigenvalue weighted by Gasteiger charge is -2.35. The molecule has 3 nitrogen and oxygen atoms in total. The van der Waals surface area contributed by atoms with Gasteiger partial charge in [0.2, 0.25) is 0 Å². The molecule has 1 amide bonds.